The lowest BCUT2D eigenvalue weighted by atomic mass is 9.92. The first kappa shape index (κ1) is 10.8. The van der Waals surface area contributed by atoms with E-state index in [1.807, 2.05) is 4.42 Å². The molecule has 1 rings (SSSR count). The molecule has 1 fully saturated rings. The standard InChI is InChI=1S/C9H16ClNO2/c10-11-6-4-8(5-7-11)2-1-3-9(12)13/h8H,1-7H2,(H,12,13). The highest BCUT2D eigenvalue weighted by Gasteiger charge is 2.17. The SMILES string of the molecule is O=C(O)CCCC1CCN(Cl)CC1. The second-order valence-electron chi connectivity index (χ2n) is 3.64. The van der Waals surface area contributed by atoms with Crippen molar-refractivity contribution in [2.45, 2.75) is 32.1 Å². The van der Waals surface area contributed by atoms with Gasteiger partial charge in [0.15, 0.2) is 0 Å². The van der Waals surface area contributed by atoms with Crippen LogP contribution in [0.25, 0.3) is 0 Å². The normalized spacial score (nSPS) is 20.4. The summed E-state index contributed by atoms with van der Waals surface area (Å²) < 4.78 is 1.81. The highest BCUT2D eigenvalue weighted by Crippen LogP contribution is 2.23. The molecule has 0 aromatic carbocycles. The zero-order valence-electron chi connectivity index (χ0n) is 7.71. The molecule has 1 aliphatic heterocycles. The maximum absolute atomic E-state index is 10.3. The lowest BCUT2D eigenvalue weighted by molar-refractivity contribution is -0.137. The summed E-state index contributed by atoms with van der Waals surface area (Å²) in [5.74, 6) is 0.00382. The number of hydrogen-bond acceptors (Lipinski definition) is 2. The van der Waals surface area contributed by atoms with Crippen LogP contribution in [0.3, 0.4) is 0 Å². The average Bonchev–Trinajstić information content (AvgIpc) is 2.08. The fourth-order valence-electron chi connectivity index (χ4n) is 1.73. The molecule has 0 aromatic heterocycles. The van der Waals surface area contributed by atoms with E-state index in [1.54, 1.807) is 0 Å². The molecule has 0 amide bonds. The Hall–Kier alpha value is -0.280. The van der Waals surface area contributed by atoms with Crippen molar-refractivity contribution in [2.24, 2.45) is 5.92 Å². The number of carbonyl (C=O) groups is 1. The Labute approximate surface area is 83.8 Å². The van der Waals surface area contributed by atoms with Gasteiger partial charge in [0.2, 0.25) is 0 Å². The number of rotatable bonds is 4. The van der Waals surface area contributed by atoms with E-state index < -0.39 is 5.97 Å². The maximum Gasteiger partial charge on any atom is 0.303 e. The van der Waals surface area contributed by atoms with Crippen LogP contribution in [0.5, 0.6) is 0 Å². The first-order chi connectivity index (χ1) is 6.18. The average molecular weight is 206 g/mol. The maximum atomic E-state index is 10.3. The molecular weight excluding hydrogens is 190 g/mol. The molecule has 0 bridgehead atoms. The molecule has 0 aliphatic carbocycles. The van der Waals surface area contributed by atoms with Crippen molar-refractivity contribution < 1.29 is 9.90 Å². The van der Waals surface area contributed by atoms with Crippen molar-refractivity contribution in [1.29, 1.82) is 0 Å². The Balaban J connectivity index is 2.05. The quantitative estimate of drug-likeness (QED) is 0.715. The van der Waals surface area contributed by atoms with Crippen LogP contribution in [0.2, 0.25) is 0 Å². The second kappa shape index (κ2) is 5.45. The summed E-state index contributed by atoms with van der Waals surface area (Å²) in [7, 11) is 0. The summed E-state index contributed by atoms with van der Waals surface area (Å²) in [6, 6.07) is 0. The molecule has 0 atom stereocenters. The largest absolute Gasteiger partial charge is 0.481 e. The first-order valence-corrected chi connectivity index (χ1v) is 5.15. The van der Waals surface area contributed by atoms with Gasteiger partial charge in [-0.1, -0.05) is 0 Å². The zero-order chi connectivity index (χ0) is 9.68. The van der Waals surface area contributed by atoms with Crippen LogP contribution in [-0.4, -0.2) is 28.6 Å². The van der Waals surface area contributed by atoms with Gasteiger partial charge in [0.05, 0.1) is 0 Å². The van der Waals surface area contributed by atoms with E-state index in [4.69, 9.17) is 16.9 Å². The van der Waals surface area contributed by atoms with Crippen molar-refractivity contribution >= 4 is 17.7 Å². The van der Waals surface area contributed by atoms with Crippen LogP contribution in [0.15, 0.2) is 0 Å². The van der Waals surface area contributed by atoms with Crippen molar-refractivity contribution in [3.05, 3.63) is 0 Å². The van der Waals surface area contributed by atoms with Gasteiger partial charge >= 0.3 is 5.97 Å². The number of aliphatic carboxylic acids is 1. The number of halogens is 1. The molecule has 0 radical (unpaired) electrons. The van der Waals surface area contributed by atoms with Crippen molar-refractivity contribution in [3.63, 3.8) is 0 Å². The Morgan fingerprint density at radius 3 is 2.62 bits per heavy atom. The van der Waals surface area contributed by atoms with Crippen molar-refractivity contribution in [1.82, 2.24) is 4.42 Å². The molecule has 1 saturated heterocycles. The van der Waals surface area contributed by atoms with E-state index in [9.17, 15) is 4.79 Å². The van der Waals surface area contributed by atoms with Gasteiger partial charge in [-0.2, -0.15) is 0 Å². The molecule has 0 aromatic rings. The Kier molecular flexibility index (Phi) is 4.53. The molecule has 1 aliphatic rings. The van der Waals surface area contributed by atoms with Crippen LogP contribution >= 0.6 is 11.8 Å². The third kappa shape index (κ3) is 4.48. The minimum absolute atomic E-state index is 0.307. The number of carboxylic acids is 1. The van der Waals surface area contributed by atoms with Crippen LogP contribution in [0, 0.1) is 5.92 Å². The minimum atomic E-state index is -0.685. The number of nitrogens with zero attached hydrogens (tertiary/aromatic N) is 1. The van der Waals surface area contributed by atoms with Crippen LogP contribution in [0.4, 0.5) is 0 Å². The molecule has 76 valence electrons. The lowest BCUT2D eigenvalue weighted by Crippen LogP contribution is -2.26. The van der Waals surface area contributed by atoms with E-state index in [1.165, 1.54) is 0 Å². The summed E-state index contributed by atoms with van der Waals surface area (Å²) >= 11 is 5.81. The van der Waals surface area contributed by atoms with Crippen LogP contribution in [0.1, 0.15) is 32.1 Å². The Bertz CT molecular complexity index is 167. The van der Waals surface area contributed by atoms with E-state index in [0.717, 1.165) is 38.8 Å². The fourth-order valence-corrected chi connectivity index (χ4v) is 1.93. The second-order valence-corrected chi connectivity index (χ2v) is 4.12. The van der Waals surface area contributed by atoms with Crippen LogP contribution < -0.4 is 0 Å². The molecule has 4 heteroatoms. The highest BCUT2D eigenvalue weighted by atomic mass is 35.5. The number of piperidine rings is 1. The molecule has 1 N–H and O–H groups in total. The van der Waals surface area contributed by atoms with Gasteiger partial charge in [-0.05, 0) is 43.4 Å². The smallest absolute Gasteiger partial charge is 0.303 e. The number of carboxylic acid groups (broad SMARTS) is 1. The predicted molar refractivity (Wildman–Crippen MR) is 51.6 cm³/mol. The van der Waals surface area contributed by atoms with E-state index in [-0.39, 0.29) is 0 Å². The van der Waals surface area contributed by atoms with E-state index in [2.05, 4.69) is 0 Å². The van der Waals surface area contributed by atoms with Gasteiger partial charge in [0.25, 0.3) is 0 Å². The fraction of sp³-hybridized carbons (Fsp3) is 0.889. The monoisotopic (exact) mass is 205 g/mol. The lowest BCUT2D eigenvalue weighted by Gasteiger charge is -2.26. The third-order valence-corrected chi connectivity index (χ3v) is 2.90. The molecule has 13 heavy (non-hydrogen) atoms. The first-order valence-electron chi connectivity index (χ1n) is 4.81. The van der Waals surface area contributed by atoms with Gasteiger partial charge < -0.3 is 5.11 Å². The van der Waals surface area contributed by atoms with E-state index >= 15 is 0 Å². The molecule has 3 nitrogen and oxygen atoms in total. The van der Waals surface area contributed by atoms with Gasteiger partial charge in [-0.15, -0.1) is 0 Å². The molecule has 0 spiro atoms. The summed E-state index contributed by atoms with van der Waals surface area (Å²) in [6.07, 6.45) is 4.38. The molecule has 1 heterocycles. The van der Waals surface area contributed by atoms with Crippen molar-refractivity contribution in [2.75, 3.05) is 13.1 Å². The summed E-state index contributed by atoms with van der Waals surface area (Å²) in [5.41, 5.74) is 0. The van der Waals surface area contributed by atoms with Crippen molar-refractivity contribution in [3.8, 4) is 0 Å². The summed E-state index contributed by atoms with van der Waals surface area (Å²) in [6.45, 7) is 1.89. The zero-order valence-corrected chi connectivity index (χ0v) is 8.46. The molecule has 0 saturated carbocycles. The predicted octanol–water partition coefficient (Wildman–Crippen LogP) is 2.11. The summed E-state index contributed by atoms with van der Waals surface area (Å²) in [4.78, 5) is 10.3. The molecule has 0 unspecified atom stereocenters. The van der Waals surface area contributed by atoms with Crippen LogP contribution in [-0.2, 0) is 4.79 Å². The summed E-state index contributed by atoms with van der Waals surface area (Å²) in [5, 5.41) is 8.46. The third-order valence-electron chi connectivity index (χ3n) is 2.56. The van der Waals surface area contributed by atoms with Gasteiger partial charge in [0, 0.05) is 19.5 Å². The highest BCUT2D eigenvalue weighted by molar-refractivity contribution is 6.13. The Morgan fingerprint density at radius 1 is 1.46 bits per heavy atom. The van der Waals surface area contributed by atoms with Gasteiger partial charge in [-0.3, -0.25) is 4.79 Å². The number of hydrogen-bond donors (Lipinski definition) is 1. The van der Waals surface area contributed by atoms with Gasteiger partial charge in [-0.25, -0.2) is 4.42 Å². The topological polar surface area (TPSA) is 40.5 Å². The minimum Gasteiger partial charge on any atom is -0.481 e. The van der Waals surface area contributed by atoms with E-state index in [0.29, 0.717) is 12.3 Å². The Morgan fingerprint density at radius 2 is 2.08 bits per heavy atom. The molecular formula is C9H16ClNO2. The van der Waals surface area contributed by atoms with Gasteiger partial charge in [0.1, 0.15) is 0 Å².